The van der Waals surface area contributed by atoms with Gasteiger partial charge in [0.25, 0.3) is 0 Å². The molecular weight excluding hydrogens is 386 g/mol. The average molecular weight is 407 g/mol. The quantitative estimate of drug-likeness (QED) is 0.332. The van der Waals surface area contributed by atoms with Gasteiger partial charge in [-0.3, -0.25) is 0 Å². The molecule has 0 spiro atoms. The number of hydrogen-bond acceptors (Lipinski definition) is 7. The first kappa shape index (κ1) is 20.7. The molecule has 1 heterocycles. The van der Waals surface area contributed by atoms with Gasteiger partial charge in [0.05, 0.1) is 17.6 Å². The van der Waals surface area contributed by atoms with Gasteiger partial charge in [-0.1, -0.05) is 12.1 Å². The molecule has 0 radical (unpaired) electrons. The number of rotatable bonds is 8. The predicted molar refractivity (Wildman–Crippen MR) is 110 cm³/mol. The number of fused-ring (bicyclic) bond motifs is 1. The number of esters is 1. The average Bonchev–Trinajstić information content (AvgIpc) is 3.17. The fraction of sp³-hybridized carbons (Fsp3) is 0.227. The summed E-state index contributed by atoms with van der Waals surface area (Å²) >= 11 is 0. The van der Waals surface area contributed by atoms with E-state index in [-0.39, 0.29) is 18.0 Å². The molecule has 0 bridgehead atoms. The highest BCUT2D eigenvalue weighted by atomic mass is 16.6. The maximum atomic E-state index is 12.1. The Bertz CT molecular complexity index is 1060. The highest BCUT2D eigenvalue weighted by Crippen LogP contribution is 2.21. The monoisotopic (exact) mass is 407 g/mol. The van der Waals surface area contributed by atoms with Crippen molar-refractivity contribution in [1.29, 1.82) is 5.26 Å². The number of nitriles is 1. The van der Waals surface area contributed by atoms with Crippen molar-refractivity contribution >= 4 is 22.6 Å². The van der Waals surface area contributed by atoms with E-state index < -0.39 is 17.8 Å². The summed E-state index contributed by atoms with van der Waals surface area (Å²) in [6, 6.07) is 15.9. The van der Waals surface area contributed by atoms with E-state index in [1.54, 1.807) is 36.4 Å². The Morgan fingerprint density at radius 1 is 1.17 bits per heavy atom. The summed E-state index contributed by atoms with van der Waals surface area (Å²) in [7, 11) is 0. The van der Waals surface area contributed by atoms with Crippen molar-refractivity contribution in [2.24, 2.45) is 0 Å². The Balaban J connectivity index is 1.63. The highest BCUT2D eigenvalue weighted by Gasteiger charge is 2.21. The Morgan fingerprint density at radius 2 is 1.83 bits per heavy atom. The zero-order valence-electron chi connectivity index (χ0n) is 16.6. The lowest BCUT2D eigenvalue weighted by molar-refractivity contribution is -0.150. The third-order valence-corrected chi connectivity index (χ3v) is 4.18. The third kappa shape index (κ3) is 4.89. The maximum absolute atomic E-state index is 12.1. The van der Waals surface area contributed by atoms with E-state index >= 15 is 0 Å². The fourth-order valence-corrected chi connectivity index (χ4v) is 2.73. The van der Waals surface area contributed by atoms with Crippen LogP contribution in [0.5, 0.6) is 11.5 Å². The van der Waals surface area contributed by atoms with Crippen molar-refractivity contribution in [2.45, 2.75) is 20.0 Å². The first-order chi connectivity index (χ1) is 14.5. The zero-order chi connectivity index (χ0) is 21.5. The molecule has 0 aliphatic carbocycles. The molecule has 2 aromatic carbocycles. The SMILES string of the molecule is CCOc1ccc(OCC(=O)O[C@@H](C)/C(O)=C(\C#N)c2nc3ccccc3[nH]2)cc1. The van der Waals surface area contributed by atoms with E-state index in [2.05, 4.69) is 9.97 Å². The fourth-order valence-electron chi connectivity index (χ4n) is 2.73. The number of nitrogens with zero attached hydrogens (tertiary/aromatic N) is 2. The highest BCUT2D eigenvalue weighted by molar-refractivity contribution is 5.83. The smallest absolute Gasteiger partial charge is 0.344 e. The number of nitrogens with one attached hydrogen (secondary N) is 1. The normalized spacial score (nSPS) is 12.6. The van der Waals surface area contributed by atoms with Gasteiger partial charge in [-0.25, -0.2) is 9.78 Å². The van der Waals surface area contributed by atoms with Gasteiger partial charge < -0.3 is 24.3 Å². The lowest BCUT2D eigenvalue weighted by Gasteiger charge is -2.14. The molecule has 3 rings (SSSR count). The summed E-state index contributed by atoms with van der Waals surface area (Å²) in [5, 5.41) is 19.9. The Morgan fingerprint density at radius 3 is 2.47 bits per heavy atom. The lowest BCUT2D eigenvalue weighted by Crippen LogP contribution is -2.23. The number of imidazole rings is 1. The summed E-state index contributed by atoms with van der Waals surface area (Å²) < 4.78 is 15.9. The van der Waals surface area contributed by atoms with Crippen LogP contribution < -0.4 is 9.47 Å². The minimum absolute atomic E-state index is 0.0982. The predicted octanol–water partition coefficient (Wildman–Crippen LogP) is 3.76. The van der Waals surface area contributed by atoms with Gasteiger partial charge in [0, 0.05) is 0 Å². The number of carbonyl (C=O) groups excluding carboxylic acids is 1. The van der Waals surface area contributed by atoms with Gasteiger partial charge in [0.15, 0.2) is 24.3 Å². The van der Waals surface area contributed by atoms with E-state index in [0.717, 1.165) is 5.52 Å². The summed E-state index contributed by atoms with van der Waals surface area (Å²) in [6.45, 7) is 3.56. The van der Waals surface area contributed by atoms with Crippen molar-refractivity contribution in [3.05, 3.63) is 60.1 Å². The number of carbonyl (C=O) groups is 1. The summed E-state index contributed by atoms with van der Waals surface area (Å²) in [5.74, 6) is 0.286. The van der Waals surface area contributed by atoms with Crippen molar-refractivity contribution in [3.8, 4) is 17.6 Å². The van der Waals surface area contributed by atoms with Crippen LogP contribution in [0.4, 0.5) is 0 Å². The number of aliphatic hydroxyl groups excluding tert-OH is 1. The molecule has 0 aliphatic heterocycles. The van der Waals surface area contributed by atoms with Crippen LogP contribution in [0.25, 0.3) is 16.6 Å². The zero-order valence-corrected chi connectivity index (χ0v) is 16.6. The molecule has 1 atom stereocenters. The number of ether oxygens (including phenoxy) is 3. The third-order valence-electron chi connectivity index (χ3n) is 4.18. The molecule has 154 valence electrons. The van der Waals surface area contributed by atoms with Gasteiger partial charge in [-0.05, 0) is 50.2 Å². The van der Waals surface area contributed by atoms with Crippen molar-refractivity contribution in [3.63, 3.8) is 0 Å². The number of aromatic nitrogens is 2. The molecule has 0 aliphatic rings. The van der Waals surface area contributed by atoms with Crippen molar-refractivity contribution in [1.82, 2.24) is 9.97 Å². The second kappa shape index (κ2) is 9.47. The summed E-state index contributed by atoms with van der Waals surface area (Å²) in [4.78, 5) is 19.3. The van der Waals surface area contributed by atoms with E-state index in [0.29, 0.717) is 23.6 Å². The largest absolute Gasteiger partial charge is 0.507 e. The summed E-state index contributed by atoms with van der Waals surface area (Å²) in [5.41, 5.74) is 1.28. The second-order valence-electron chi connectivity index (χ2n) is 6.30. The van der Waals surface area contributed by atoms with Crippen LogP contribution in [0, 0.1) is 11.3 Å². The number of H-pyrrole nitrogens is 1. The minimum atomic E-state index is -1.05. The molecule has 1 aromatic heterocycles. The van der Waals surface area contributed by atoms with Crippen LogP contribution in [0.15, 0.2) is 54.3 Å². The molecule has 8 nitrogen and oxygen atoms in total. The molecule has 8 heteroatoms. The van der Waals surface area contributed by atoms with Gasteiger partial charge in [-0.15, -0.1) is 0 Å². The number of allylic oxidation sites excluding steroid dienone is 1. The van der Waals surface area contributed by atoms with Gasteiger partial charge in [0.2, 0.25) is 0 Å². The van der Waals surface area contributed by atoms with Crippen LogP contribution in [0.2, 0.25) is 0 Å². The Kier molecular flexibility index (Phi) is 6.55. The maximum Gasteiger partial charge on any atom is 0.344 e. The number of para-hydroxylation sites is 2. The van der Waals surface area contributed by atoms with Crippen molar-refractivity contribution in [2.75, 3.05) is 13.2 Å². The first-order valence-corrected chi connectivity index (χ1v) is 9.35. The first-order valence-electron chi connectivity index (χ1n) is 9.35. The Hall–Kier alpha value is -3.99. The van der Waals surface area contributed by atoms with Crippen LogP contribution in [0.1, 0.15) is 19.7 Å². The van der Waals surface area contributed by atoms with Gasteiger partial charge in [-0.2, -0.15) is 5.26 Å². The number of benzene rings is 2. The van der Waals surface area contributed by atoms with Crippen LogP contribution in [0.3, 0.4) is 0 Å². The molecular formula is C22H21N3O5. The lowest BCUT2D eigenvalue weighted by atomic mass is 10.2. The van der Waals surface area contributed by atoms with Crippen LogP contribution >= 0.6 is 0 Å². The number of hydrogen-bond donors (Lipinski definition) is 2. The molecule has 30 heavy (non-hydrogen) atoms. The summed E-state index contributed by atoms with van der Waals surface area (Å²) in [6.07, 6.45) is -1.05. The van der Waals surface area contributed by atoms with E-state index in [1.165, 1.54) is 6.92 Å². The number of aliphatic hydroxyl groups is 1. The topological polar surface area (TPSA) is 117 Å². The van der Waals surface area contributed by atoms with Crippen LogP contribution in [-0.4, -0.2) is 40.4 Å². The molecule has 0 amide bonds. The van der Waals surface area contributed by atoms with Crippen LogP contribution in [-0.2, 0) is 9.53 Å². The molecule has 0 fully saturated rings. The van der Waals surface area contributed by atoms with Gasteiger partial charge in [0.1, 0.15) is 23.1 Å². The standard InChI is InChI=1S/C22H21N3O5/c1-3-28-15-8-10-16(11-9-15)29-13-20(26)30-14(2)21(27)17(12-23)22-24-18-6-4-5-7-19(18)25-22/h4-11,14,27H,3,13H2,1-2H3,(H,24,25)/b21-17-/t14-/m0/s1. The van der Waals surface area contributed by atoms with E-state index in [9.17, 15) is 15.2 Å². The molecule has 0 saturated heterocycles. The van der Waals surface area contributed by atoms with E-state index in [1.807, 2.05) is 25.1 Å². The van der Waals surface area contributed by atoms with Gasteiger partial charge >= 0.3 is 5.97 Å². The molecule has 0 unspecified atom stereocenters. The van der Waals surface area contributed by atoms with E-state index in [4.69, 9.17) is 14.2 Å². The number of aromatic amines is 1. The van der Waals surface area contributed by atoms with Crippen molar-refractivity contribution < 1.29 is 24.1 Å². The molecule has 3 aromatic rings. The minimum Gasteiger partial charge on any atom is -0.507 e. The Labute approximate surface area is 173 Å². The molecule has 2 N–H and O–H groups in total. The second-order valence-corrected chi connectivity index (χ2v) is 6.30. The molecule has 0 saturated carbocycles.